The van der Waals surface area contributed by atoms with Crippen LogP contribution in [0.3, 0.4) is 0 Å². The van der Waals surface area contributed by atoms with Crippen molar-refractivity contribution < 1.29 is 18.1 Å². The summed E-state index contributed by atoms with van der Waals surface area (Å²) in [6, 6.07) is 0. The summed E-state index contributed by atoms with van der Waals surface area (Å²) in [7, 11) is -0.638. The van der Waals surface area contributed by atoms with Crippen LogP contribution < -0.4 is 0 Å². The van der Waals surface area contributed by atoms with Crippen LogP contribution in [-0.4, -0.2) is 20.3 Å². The molecule has 0 fully saturated rings. The average molecular weight is 238 g/mol. The Morgan fingerprint density at radius 1 is 1.13 bits per heavy atom. The van der Waals surface area contributed by atoms with Crippen molar-refractivity contribution in [3.8, 4) is 0 Å². The summed E-state index contributed by atoms with van der Waals surface area (Å²) in [5.74, 6) is 0. The fraction of sp³-hybridized carbons (Fsp3) is 1.00. The Labute approximate surface area is 92.9 Å². The summed E-state index contributed by atoms with van der Waals surface area (Å²) in [6.45, 7) is 4.06. The van der Waals surface area contributed by atoms with Gasteiger partial charge in [0.1, 0.15) is 0 Å². The molecule has 0 aliphatic rings. The van der Waals surface area contributed by atoms with Gasteiger partial charge in [0.05, 0.1) is 6.10 Å². The van der Waals surface area contributed by atoms with E-state index >= 15 is 0 Å². The van der Waals surface area contributed by atoms with Crippen molar-refractivity contribution in [2.45, 2.75) is 52.1 Å². The lowest BCUT2D eigenvalue weighted by molar-refractivity contribution is 0.108. The van der Waals surface area contributed by atoms with Gasteiger partial charge in [0.15, 0.2) is 0 Å². The number of hydrogen-bond acceptors (Lipinski definition) is 4. The molecule has 0 saturated heterocycles. The van der Waals surface area contributed by atoms with Gasteiger partial charge in [-0.3, -0.25) is 13.6 Å². The number of rotatable bonds is 9. The van der Waals surface area contributed by atoms with Crippen LogP contribution in [0, 0.1) is 0 Å². The minimum Gasteiger partial charge on any atom is -0.290 e. The maximum atomic E-state index is 11.6. The Morgan fingerprint density at radius 3 is 2.20 bits per heavy atom. The minimum atomic E-state index is -3.29. The zero-order valence-electron chi connectivity index (χ0n) is 10.2. The Bertz CT molecular complexity index is 188. The van der Waals surface area contributed by atoms with Crippen LogP contribution in [0.25, 0.3) is 0 Å². The predicted molar refractivity (Wildman–Crippen MR) is 60.9 cm³/mol. The molecular weight excluding hydrogens is 215 g/mol. The first-order chi connectivity index (χ1) is 7.08. The van der Waals surface area contributed by atoms with Gasteiger partial charge in [-0.2, -0.15) is 0 Å². The van der Waals surface area contributed by atoms with E-state index in [1.165, 1.54) is 33.5 Å². The zero-order chi connectivity index (χ0) is 11.7. The maximum absolute atomic E-state index is 11.6. The molecule has 0 aliphatic heterocycles. The molecule has 0 aliphatic carbocycles. The molecule has 4 nitrogen and oxygen atoms in total. The standard InChI is InChI=1S/C10H23O4P/c1-5-6-7-8-9-10(2)14-15(11,12-3)13-4/h10H,5-9H2,1-4H3. The highest BCUT2D eigenvalue weighted by atomic mass is 31.2. The van der Waals surface area contributed by atoms with Crippen LogP contribution in [0.15, 0.2) is 0 Å². The first kappa shape index (κ1) is 15.1. The first-order valence-corrected chi connectivity index (χ1v) is 6.94. The molecule has 0 bridgehead atoms. The maximum Gasteiger partial charge on any atom is 0.474 e. The van der Waals surface area contributed by atoms with Gasteiger partial charge in [-0.1, -0.05) is 32.6 Å². The quantitative estimate of drug-likeness (QED) is 0.453. The monoisotopic (exact) mass is 238 g/mol. The number of unbranched alkanes of at least 4 members (excludes halogenated alkanes) is 3. The van der Waals surface area contributed by atoms with Crippen LogP contribution in [0.1, 0.15) is 46.0 Å². The molecule has 1 atom stereocenters. The Morgan fingerprint density at radius 2 is 1.73 bits per heavy atom. The third-order valence-corrected chi connectivity index (χ3v) is 3.73. The molecule has 5 heteroatoms. The summed E-state index contributed by atoms with van der Waals surface area (Å²) in [4.78, 5) is 0. The molecule has 0 aromatic carbocycles. The topological polar surface area (TPSA) is 44.8 Å². The molecule has 0 rings (SSSR count). The Kier molecular flexibility index (Phi) is 8.34. The van der Waals surface area contributed by atoms with Crippen molar-refractivity contribution >= 4 is 7.82 Å². The van der Waals surface area contributed by atoms with Gasteiger partial charge in [-0.15, -0.1) is 0 Å². The van der Waals surface area contributed by atoms with Crippen molar-refractivity contribution in [3.63, 3.8) is 0 Å². The first-order valence-electron chi connectivity index (χ1n) is 5.48. The van der Waals surface area contributed by atoms with Crippen LogP contribution >= 0.6 is 7.82 Å². The van der Waals surface area contributed by atoms with E-state index in [0.717, 1.165) is 12.8 Å². The van der Waals surface area contributed by atoms with E-state index in [0.29, 0.717) is 0 Å². The van der Waals surface area contributed by atoms with E-state index in [-0.39, 0.29) is 6.10 Å². The molecule has 0 radical (unpaired) electrons. The second-order valence-corrected chi connectivity index (χ2v) is 5.41. The largest absolute Gasteiger partial charge is 0.474 e. The molecule has 92 valence electrons. The lowest BCUT2D eigenvalue weighted by Crippen LogP contribution is -2.08. The van der Waals surface area contributed by atoms with Gasteiger partial charge in [-0.05, 0) is 13.3 Å². The van der Waals surface area contributed by atoms with E-state index in [9.17, 15) is 4.57 Å². The third kappa shape index (κ3) is 7.07. The molecular formula is C10H23O4P. The molecule has 0 aromatic rings. The number of phosphoric acid groups is 1. The minimum absolute atomic E-state index is 0.0902. The van der Waals surface area contributed by atoms with Crippen molar-refractivity contribution in [1.82, 2.24) is 0 Å². The third-order valence-electron chi connectivity index (χ3n) is 2.22. The van der Waals surface area contributed by atoms with Crippen LogP contribution in [0.5, 0.6) is 0 Å². The number of phosphoric ester groups is 1. The lowest BCUT2D eigenvalue weighted by Gasteiger charge is -2.18. The highest BCUT2D eigenvalue weighted by Crippen LogP contribution is 2.49. The summed E-state index contributed by atoms with van der Waals surface area (Å²) < 4.78 is 26.2. The van der Waals surface area contributed by atoms with Crippen molar-refractivity contribution in [2.24, 2.45) is 0 Å². The normalized spacial score (nSPS) is 14.1. The molecule has 0 aromatic heterocycles. The van der Waals surface area contributed by atoms with Gasteiger partial charge < -0.3 is 0 Å². The molecule has 0 saturated carbocycles. The second kappa shape index (κ2) is 8.28. The van der Waals surface area contributed by atoms with E-state index in [1.54, 1.807) is 0 Å². The van der Waals surface area contributed by atoms with E-state index in [2.05, 4.69) is 6.92 Å². The smallest absolute Gasteiger partial charge is 0.290 e. The highest BCUT2D eigenvalue weighted by Gasteiger charge is 2.25. The molecule has 0 N–H and O–H groups in total. The van der Waals surface area contributed by atoms with Crippen molar-refractivity contribution in [3.05, 3.63) is 0 Å². The molecule has 1 unspecified atom stereocenters. The van der Waals surface area contributed by atoms with Gasteiger partial charge in [0.25, 0.3) is 0 Å². The SMILES string of the molecule is CCCCCCC(C)OP(=O)(OC)OC. The zero-order valence-corrected chi connectivity index (χ0v) is 11.1. The summed E-state index contributed by atoms with van der Waals surface area (Å²) >= 11 is 0. The lowest BCUT2D eigenvalue weighted by atomic mass is 10.1. The molecule has 0 spiro atoms. The molecule has 0 heterocycles. The molecule has 15 heavy (non-hydrogen) atoms. The van der Waals surface area contributed by atoms with Crippen molar-refractivity contribution in [1.29, 1.82) is 0 Å². The van der Waals surface area contributed by atoms with Gasteiger partial charge in [-0.25, -0.2) is 4.57 Å². The van der Waals surface area contributed by atoms with Crippen molar-refractivity contribution in [2.75, 3.05) is 14.2 Å². The van der Waals surface area contributed by atoms with Gasteiger partial charge in [0, 0.05) is 14.2 Å². The van der Waals surface area contributed by atoms with Crippen LogP contribution in [0.2, 0.25) is 0 Å². The number of hydrogen-bond donors (Lipinski definition) is 0. The van der Waals surface area contributed by atoms with Crippen LogP contribution in [-0.2, 0) is 18.1 Å². The fourth-order valence-corrected chi connectivity index (χ4v) is 2.16. The Hall–Kier alpha value is 0.110. The predicted octanol–water partition coefficient (Wildman–Crippen LogP) is 3.76. The highest BCUT2D eigenvalue weighted by molar-refractivity contribution is 7.48. The second-order valence-electron chi connectivity index (χ2n) is 3.58. The average Bonchev–Trinajstić information content (AvgIpc) is 2.24. The molecule has 0 amide bonds. The fourth-order valence-electron chi connectivity index (χ4n) is 1.29. The van der Waals surface area contributed by atoms with E-state index < -0.39 is 7.82 Å². The summed E-state index contributed by atoms with van der Waals surface area (Å²) in [5, 5.41) is 0. The summed E-state index contributed by atoms with van der Waals surface area (Å²) in [6.07, 6.45) is 5.52. The summed E-state index contributed by atoms with van der Waals surface area (Å²) in [5.41, 5.74) is 0. The van der Waals surface area contributed by atoms with Gasteiger partial charge in [0.2, 0.25) is 0 Å². The van der Waals surface area contributed by atoms with Gasteiger partial charge >= 0.3 is 7.82 Å². The van der Waals surface area contributed by atoms with E-state index in [4.69, 9.17) is 13.6 Å². The Balaban J connectivity index is 3.72. The van der Waals surface area contributed by atoms with E-state index in [1.807, 2.05) is 6.92 Å². The van der Waals surface area contributed by atoms with Crippen LogP contribution in [0.4, 0.5) is 0 Å².